The number of hydrogen-bond donors (Lipinski definition) is 2. The van der Waals surface area contributed by atoms with E-state index in [-0.39, 0.29) is 19.1 Å². The Morgan fingerprint density at radius 2 is 0.710 bits per heavy atom. The zero-order valence-corrected chi connectivity index (χ0v) is 48.2. The van der Waals surface area contributed by atoms with Crippen LogP contribution in [0.25, 0.3) is 0 Å². The third kappa shape index (κ3) is 55.1. The van der Waals surface area contributed by atoms with Crippen molar-refractivity contribution in [2.75, 3.05) is 40.9 Å². The molecule has 0 spiro atoms. The van der Waals surface area contributed by atoms with Gasteiger partial charge in [0.15, 0.2) is 0 Å². The SMILES string of the molecule is CCCCCCCCCCCCCCCCCCCCCCCCCCCCCCCCCCCCC(=O)NC(COP(=O)([O-])OCC[N+](C)(C)C)C(O)CCCCCCCCCCCCCCC. The van der Waals surface area contributed by atoms with Crippen molar-refractivity contribution in [2.24, 2.45) is 0 Å². The van der Waals surface area contributed by atoms with Crippen LogP contribution < -0.4 is 10.2 Å². The van der Waals surface area contributed by atoms with Crippen LogP contribution in [0.3, 0.4) is 0 Å². The van der Waals surface area contributed by atoms with Gasteiger partial charge in [-0.15, -0.1) is 0 Å². The Bertz CT molecular complexity index is 1090. The van der Waals surface area contributed by atoms with Crippen LogP contribution in [-0.2, 0) is 18.4 Å². The molecular weight excluding hydrogens is 876 g/mol. The second-order valence-corrected chi connectivity index (χ2v) is 24.2. The van der Waals surface area contributed by atoms with E-state index in [1.807, 2.05) is 21.1 Å². The van der Waals surface area contributed by atoms with Crippen molar-refractivity contribution in [2.45, 2.75) is 341 Å². The lowest BCUT2D eigenvalue weighted by atomic mass is 10.0. The lowest BCUT2D eigenvalue weighted by molar-refractivity contribution is -0.870. The molecule has 2 N–H and O–H groups in total. The minimum absolute atomic E-state index is 0.0164. The molecule has 0 aliphatic heterocycles. The van der Waals surface area contributed by atoms with Crippen LogP contribution in [0.2, 0.25) is 0 Å². The smallest absolute Gasteiger partial charge is 0.268 e. The Morgan fingerprint density at radius 1 is 0.449 bits per heavy atom. The predicted octanol–water partition coefficient (Wildman–Crippen LogP) is 18.2. The third-order valence-corrected chi connectivity index (χ3v) is 15.6. The number of carbonyl (C=O) groups excluding carboxylic acids is 1. The molecule has 0 aromatic heterocycles. The highest BCUT2D eigenvalue weighted by atomic mass is 31.2. The topological polar surface area (TPSA) is 108 Å². The molecule has 0 saturated heterocycles. The number of aliphatic hydroxyl groups excluding tert-OH is 1. The molecule has 414 valence electrons. The maximum Gasteiger partial charge on any atom is 0.268 e. The van der Waals surface area contributed by atoms with Crippen molar-refractivity contribution in [3.63, 3.8) is 0 Å². The van der Waals surface area contributed by atoms with Crippen LogP contribution in [0.5, 0.6) is 0 Å². The van der Waals surface area contributed by atoms with Crippen molar-refractivity contribution in [3.8, 4) is 0 Å². The van der Waals surface area contributed by atoms with Gasteiger partial charge in [0, 0.05) is 6.42 Å². The van der Waals surface area contributed by atoms with E-state index in [0.717, 1.165) is 38.5 Å². The molecule has 8 nitrogen and oxygen atoms in total. The number of nitrogens with one attached hydrogen (secondary N) is 1. The molecule has 3 unspecified atom stereocenters. The summed E-state index contributed by atoms with van der Waals surface area (Å²) < 4.78 is 23.4. The number of rotatable bonds is 58. The Balaban J connectivity index is 3.88. The molecule has 0 aromatic rings. The number of aliphatic hydroxyl groups is 1. The maximum atomic E-state index is 13.0. The molecule has 0 fully saturated rings. The van der Waals surface area contributed by atoms with Crippen LogP contribution in [0.4, 0.5) is 0 Å². The van der Waals surface area contributed by atoms with Gasteiger partial charge in [-0.25, -0.2) is 0 Å². The van der Waals surface area contributed by atoms with Crippen LogP contribution in [0.1, 0.15) is 328 Å². The fourth-order valence-electron chi connectivity index (χ4n) is 9.75. The lowest BCUT2D eigenvalue weighted by Gasteiger charge is -2.30. The second-order valence-electron chi connectivity index (χ2n) is 22.8. The summed E-state index contributed by atoms with van der Waals surface area (Å²) in [6, 6.07) is -0.794. The first-order valence-electron chi connectivity index (χ1n) is 30.9. The highest BCUT2D eigenvalue weighted by molar-refractivity contribution is 7.45. The van der Waals surface area contributed by atoms with E-state index < -0.39 is 20.0 Å². The van der Waals surface area contributed by atoms with Crippen LogP contribution in [0.15, 0.2) is 0 Å². The summed E-state index contributed by atoms with van der Waals surface area (Å²) in [4.78, 5) is 25.5. The van der Waals surface area contributed by atoms with Gasteiger partial charge in [-0.3, -0.25) is 9.36 Å². The van der Waals surface area contributed by atoms with E-state index in [1.165, 1.54) is 263 Å². The Morgan fingerprint density at radius 3 is 0.986 bits per heavy atom. The molecule has 0 aliphatic carbocycles. The molecule has 1 amide bonds. The number of carbonyl (C=O) groups is 1. The zero-order chi connectivity index (χ0) is 50.6. The monoisotopic (exact) mass is 999 g/mol. The minimum atomic E-state index is -4.56. The van der Waals surface area contributed by atoms with E-state index in [2.05, 4.69) is 19.2 Å². The largest absolute Gasteiger partial charge is 0.756 e. The average Bonchev–Trinajstić information content (AvgIpc) is 3.31. The van der Waals surface area contributed by atoms with Crippen molar-refractivity contribution >= 4 is 13.7 Å². The highest BCUT2D eigenvalue weighted by Crippen LogP contribution is 2.38. The van der Waals surface area contributed by atoms with Crippen molar-refractivity contribution in [1.29, 1.82) is 0 Å². The van der Waals surface area contributed by atoms with Gasteiger partial charge in [-0.1, -0.05) is 309 Å². The van der Waals surface area contributed by atoms with Crippen LogP contribution in [-0.4, -0.2) is 68.5 Å². The molecule has 9 heteroatoms. The first-order valence-corrected chi connectivity index (χ1v) is 32.3. The Kier molecular flexibility index (Phi) is 52.0. The van der Waals surface area contributed by atoms with Gasteiger partial charge in [0.25, 0.3) is 7.82 Å². The fraction of sp³-hybridized carbons (Fsp3) is 0.983. The standard InChI is InChI=1S/C60H123N2O6P/c1-6-8-10-12-14-16-18-20-21-22-23-24-25-26-27-28-29-30-31-32-33-34-35-36-37-38-39-40-42-44-46-48-50-52-54-60(64)61-58(57-68-69(65,66)67-56-55-62(3,4)5)59(63)53-51-49-47-45-43-41-19-17-15-13-11-9-7-2/h58-59,63H,6-57H2,1-5H3,(H-,61,64,65,66). The number of unbranched alkanes of at least 4 members (excludes halogenated alkanes) is 45. The summed E-state index contributed by atoms with van der Waals surface area (Å²) in [6.07, 6.45) is 63.1. The minimum Gasteiger partial charge on any atom is -0.756 e. The average molecular weight is 1000 g/mol. The summed E-state index contributed by atoms with van der Waals surface area (Å²) in [5.74, 6) is -0.157. The lowest BCUT2D eigenvalue weighted by Crippen LogP contribution is -2.46. The van der Waals surface area contributed by atoms with Crippen LogP contribution >= 0.6 is 7.82 Å². The van der Waals surface area contributed by atoms with E-state index in [1.54, 1.807) is 0 Å². The van der Waals surface area contributed by atoms with E-state index in [0.29, 0.717) is 23.9 Å². The fourth-order valence-corrected chi connectivity index (χ4v) is 10.5. The van der Waals surface area contributed by atoms with Gasteiger partial charge in [-0.05, 0) is 12.8 Å². The molecule has 0 aliphatic rings. The Hall–Kier alpha value is -0.500. The first kappa shape index (κ1) is 68.5. The number of phosphoric ester groups is 1. The molecular formula is C60H123N2O6P. The normalized spacial score (nSPS) is 13.8. The molecule has 3 atom stereocenters. The van der Waals surface area contributed by atoms with E-state index in [4.69, 9.17) is 9.05 Å². The number of nitrogens with zero attached hydrogens (tertiary/aromatic N) is 1. The molecule has 0 saturated carbocycles. The highest BCUT2D eigenvalue weighted by Gasteiger charge is 2.24. The van der Waals surface area contributed by atoms with Gasteiger partial charge in [0.2, 0.25) is 5.91 Å². The molecule has 0 aromatic carbocycles. The van der Waals surface area contributed by atoms with Gasteiger partial charge < -0.3 is 28.8 Å². The first-order chi connectivity index (χ1) is 33.5. The van der Waals surface area contributed by atoms with Gasteiger partial charge in [-0.2, -0.15) is 0 Å². The zero-order valence-electron chi connectivity index (χ0n) is 47.3. The van der Waals surface area contributed by atoms with Crippen LogP contribution in [0, 0.1) is 0 Å². The molecule has 0 rings (SSSR count). The second kappa shape index (κ2) is 52.4. The molecule has 69 heavy (non-hydrogen) atoms. The predicted molar refractivity (Wildman–Crippen MR) is 298 cm³/mol. The summed E-state index contributed by atoms with van der Waals surface area (Å²) in [5, 5.41) is 14.0. The third-order valence-electron chi connectivity index (χ3n) is 14.6. The van der Waals surface area contributed by atoms with E-state index >= 15 is 0 Å². The quantitative estimate of drug-likeness (QED) is 0.0357. The summed E-state index contributed by atoms with van der Waals surface area (Å²) in [6.45, 7) is 4.77. The van der Waals surface area contributed by atoms with Crippen molar-refractivity contribution < 1.29 is 32.9 Å². The molecule has 0 bridgehead atoms. The number of likely N-dealkylation sites (N-methyl/N-ethyl adjacent to an activating group) is 1. The van der Waals surface area contributed by atoms with Gasteiger partial charge in [0.1, 0.15) is 13.2 Å². The number of quaternary nitrogens is 1. The van der Waals surface area contributed by atoms with E-state index in [9.17, 15) is 19.4 Å². The van der Waals surface area contributed by atoms with Gasteiger partial charge >= 0.3 is 0 Å². The number of amides is 1. The maximum absolute atomic E-state index is 13.0. The summed E-state index contributed by atoms with van der Waals surface area (Å²) in [7, 11) is 1.32. The summed E-state index contributed by atoms with van der Waals surface area (Å²) >= 11 is 0. The molecule has 0 radical (unpaired) electrons. The summed E-state index contributed by atoms with van der Waals surface area (Å²) in [5.41, 5.74) is 0. The molecule has 0 heterocycles. The number of phosphoric acid groups is 1. The van der Waals surface area contributed by atoms with Gasteiger partial charge in [0.05, 0.1) is 39.9 Å². The van der Waals surface area contributed by atoms with Crippen molar-refractivity contribution in [1.82, 2.24) is 5.32 Å². The Labute approximate surface area is 431 Å². The number of hydrogen-bond acceptors (Lipinski definition) is 6. The van der Waals surface area contributed by atoms with Crippen molar-refractivity contribution in [3.05, 3.63) is 0 Å².